The molecule has 2 rings (SSSR count). The van der Waals surface area contributed by atoms with Crippen LogP contribution in [0.5, 0.6) is 0 Å². The molecule has 0 saturated carbocycles. The van der Waals surface area contributed by atoms with Crippen molar-refractivity contribution in [2.24, 2.45) is 0 Å². The van der Waals surface area contributed by atoms with Gasteiger partial charge in [-0.2, -0.15) is 0 Å². The summed E-state index contributed by atoms with van der Waals surface area (Å²) < 4.78 is 5.92. The summed E-state index contributed by atoms with van der Waals surface area (Å²) >= 11 is 3.30. The highest BCUT2D eigenvalue weighted by atomic mass is 79.9. The molecular weight excluding hydrogens is 238 g/mol. The van der Waals surface area contributed by atoms with E-state index in [1.807, 2.05) is 12.1 Å². The lowest BCUT2D eigenvalue weighted by Crippen LogP contribution is -1.75. The number of benzene rings is 1. The highest BCUT2D eigenvalue weighted by Gasteiger charge is 2.06. The number of aldehydes is 1. The Bertz CT molecular complexity index is 438. The van der Waals surface area contributed by atoms with Crippen LogP contribution in [0.1, 0.15) is 10.7 Å². The van der Waals surface area contributed by atoms with Gasteiger partial charge in [-0.15, -0.1) is 0 Å². The SMILES string of the molecule is O.O=Cc1nc2c(Br)cccc2o1. The lowest BCUT2D eigenvalue weighted by molar-refractivity contribution is 0.109. The molecule has 4 nitrogen and oxygen atoms in total. The second-order valence-electron chi connectivity index (χ2n) is 2.26. The summed E-state index contributed by atoms with van der Waals surface area (Å²) in [5.41, 5.74) is 1.30. The average Bonchev–Trinajstić information content (AvgIpc) is 2.49. The van der Waals surface area contributed by atoms with Crippen LogP contribution in [0.3, 0.4) is 0 Å². The molecule has 0 saturated heterocycles. The molecule has 0 atom stereocenters. The topological polar surface area (TPSA) is 74.6 Å². The Hall–Kier alpha value is -1.20. The van der Waals surface area contributed by atoms with Crippen LogP contribution < -0.4 is 0 Å². The van der Waals surface area contributed by atoms with Crippen molar-refractivity contribution in [2.45, 2.75) is 0 Å². The van der Waals surface area contributed by atoms with Gasteiger partial charge in [0.15, 0.2) is 5.58 Å². The maximum Gasteiger partial charge on any atom is 0.260 e. The number of carbonyl (C=O) groups excluding carboxylic acids is 1. The molecular formula is C8H6BrNO3. The smallest absolute Gasteiger partial charge is 0.260 e. The highest BCUT2D eigenvalue weighted by Crippen LogP contribution is 2.22. The number of hydrogen-bond donors (Lipinski definition) is 0. The fourth-order valence-electron chi connectivity index (χ4n) is 0.982. The van der Waals surface area contributed by atoms with Gasteiger partial charge in [-0.3, -0.25) is 4.79 Å². The molecule has 13 heavy (non-hydrogen) atoms. The van der Waals surface area contributed by atoms with Gasteiger partial charge in [-0.1, -0.05) is 6.07 Å². The Morgan fingerprint density at radius 2 is 2.23 bits per heavy atom. The van der Waals surface area contributed by atoms with Crippen LogP contribution in [0.25, 0.3) is 11.1 Å². The van der Waals surface area contributed by atoms with Gasteiger partial charge in [0.05, 0.1) is 0 Å². The molecule has 0 radical (unpaired) electrons. The minimum Gasteiger partial charge on any atom is -0.434 e. The van der Waals surface area contributed by atoms with Crippen molar-refractivity contribution in [3.8, 4) is 0 Å². The number of rotatable bonds is 1. The largest absolute Gasteiger partial charge is 0.434 e. The maximum atomic E-state index is 10.3. The van der Waals surface area contributed by atoms with Gasteiger partial charge in [-0.25, -0.2) is 4.98 Å². The summed E-state index contributed by atoms with van der Waals surface area (Å²) in [6.45, 7) is 0. The molecule has 5 heteroatoms. The summed E-state index contributed by atoms with van der Waals surface area (Å²) in [4.78, 5) is 14.3. The van der Waals surface area contributed by atoms with Crippen molar-refractivity contribution in [2.75, 3.05) is 0 Å². The molecule has 1 aromatic carbocycles. The molecule has 0 spiro atoms. The zero-order chi connectivity index (χ0) is 8.55. The third-order valence-corrected chi connectivity index (χ3v) is 2.13. The molecule has 0 amide bonds. The Kier molecular flexibility index (Phi) is 2.79. The summed E-state index contributed by atoms with van der Waals surface area (Å²) in [5, 5.41) is 0. The predicted octanol–water partition coefficient (Wildman–Crippen LogP) is 1.58. The molecule has 2 aromatic rings. The highest BCUT2D eigenvalue weighted by molar-refractivity contribution is 9.10. The van der Waals surface area contributed by atoms with Gasteiger partial charge < -0.3 is 9.89 Å². The second kappa shape index (κ2) is 3.68. The van der Waals surface area contributed by atoms with Crippen LogP contribution in [0, 0.1) is 0 Å². The van der Waals surface area contributed by atoms with Gasteiger partial charge in [0.1, 0.15) is 5.52 Å². The van der Waals surface area contributed by atoms with Gasteiger partial charge in [0.2, 0.25) is 6.29 Å². The van der Waals surface area contributed by atoms with Crippen LogP contribution in [0.4, 0.5) is 0 Å². The zero-order valence-electron chi connectivity index (χ0n) is 6.45. The van der Waals surface area contributed by atoms with Gasteiger partial charge in [-0.05, 0) is 28.1 Å². The molecule has 0 fully saturated rings. The van der Waals surface area contributed by atoms with E-state index in [-0.39, 0.29) is 11.4 Å². The average molecular weight is 244 g/mol. The van der Waals surface area contributed by atoms with Crippen LogP contribution in [0.15, 0.2) is 27.1 Å². The number of oxazole rings is 1. The summed E-state index contributed by atoms with van der Waals surface area (Å²) in [6, 6.07) is 5.44. The number of carbonyl (C=O) groups is 1. The lowest BCUT2D eigenvalue weighted by Gasteiger charge is -1.86. The first kappa shape index (κ1) is 9.88. The van der Waals surface area contributed by atoms with Gasteiger partial charge in [0, 0.05) is 4.47 Å². The molecule has 2 N–H and O–H groups in total. The van der Waals surface area contributed by atoms with E-state index in [1.54, 1.807) is 6.07 Å². The van der Waals surface area contributed by atoms with Crippen LogP contribution in [-0.2, 0) is 0 Å². The molecule has 0 bridgehead atoms. The van der Waals surface area contributed by atoms with Crippen molar-refractivity contribution in [1.82, 2.24) is 4.98 Å². The second-order valence-corrected chi connectivity index (χ2v) is 3.11. The number of aromatic nitrogens is 1. The van der Waals surface area contributed by atoms with Gasteiger partial charge in [0.25, 0.3) is 5.89 Å². The van der Waals surface area contributed by atoms with E-state index in [4.69, 9.17) is 4.42 Å². The minimum atomic E-state index is 0. The first-order valence-electron chi connectivity index (χ1n) is 3.31. The quantitative estimate of drug-likeness (QED) is 0.714. The van der Waals surface area contributed by atoms with Gasteiger partial charge >= 0.3 is 0 Å². The first-order valence-corrected chi connectivity index (χ1v) is 4.11. The van der Waals surface area contributed by atoms with E-state index < -0.39 is 0 Å². The summed E-state index contributed by atoms with van der Waals surface area (Å²) in [5.74, 6) is 0.108. The van der Waals surface area contributed by atoms with Crippen LogP contribution in [-0.4, -0.2) is 16.7 Å². The maximum absolute atomic E-state index is 10.3. The molecule has 1 heterocycles. The molecule has 0 aliphatic heterocycles. The van der Waals surface area contributed by atoms with E-state index in [2.05, 4.69) is 20.9 Å². The predicted molar refractivity (Wildman–Crippen MR) is 50.7 cm³/mol. The molecule has 68 valence electrons. The molecule has 1 aromatic heterocycles. The third kappa shape index (κ3) is 1.61. The Morgan fingerprint density at radius 1 is 1.46 bits per heavy atom. The molecule has 0 aliphatic rings. The Morgan fingerprint density at radius 3 is 2.85 bits per heavy atom. The fourth-order valence-corrected chi connectivity index (χ4v) is 1.42. The minimum absolute atomic E-state index is 0. The molecule has 0 aliphatic carbocycles. The Labute approximate surface area is 82.0 Å². The van der Waals surface area contributed by atoms with E-state index >= 15 is 0 Å². The number of fused-ring (bicyclic) bond motifs is 1. The normalized spacial score (nSPS) is 9.62. The van der Waals surface area contributed by atoms with Crippen LogP contribution >= 0.6 is 15.9 Å². The van der Waals surface area contributed by atoms with Crippen molar-refractivity contribution < 1.29 is 14.7 Å². The number of hydrogen-bond acceptors (Lipinski definition) is 3. The summed E-state index contributed by atoms with van der Waals surface area (Å²) in [6.07, 6.45) is 0.590. The molecule has 0 unspecified atom stereocenters. The third-order valence-electron chi connectivity index (χ3n) is 1.49. The van der Waals surface area contributed by atoms with Crippen LogP contribution in [0.2, 0.25) is 0 Å². The van der Waals surface area contributed by atoms with Crippen molar-refractivity contribution in [3.05, 3.63) is 28.6 Å². The first-order chi connectivity index (χ1) is 5.81. The van der Waals surface area contributed by atoms with E-state index in [9.17, 15) is 4.79 Å². The van der Waals surface area contributed by atoms with Crippen molar-refractivity contribution in [1.29, 1.82) is 0 Å². The standard InChI is InChI=1S/C8H4BrNO2.H2O/c9-5-2-1-3-6-8(5)10-7(4-11)12-6;/h1-4H;1H2. The summed E-state index contributed by atoms with van der Waals surface area (Å²) in [7, 11) is 0. The zero-order valence-corrected chi connectivity index (χ0v) is 8.04. The van der Waals surface area contributed by atoms with Crippen molar-refractivity contribution in [3.63, 3.8) is 0 Å². The number of halogens is 1. The monoisotopic (exact) mass is 243 g/mol. The number of para-hydroxylation sites is 1. The van der Waals surface area contributed by atoms with E-state index in [1.165, 1.54) is 0 Å². The van der Waals surface area contributed by atoms with E-state index in [0.29, 0.717) is 17.4 Å². The Balaban J connectivity index is 0.000000845. The lowest BCUT2D eigenvalue weighted by atomic mass is 10.3. The van der Waals surface area contributed by atoms with E-state index in [0.717, 1.165) is 4.47 Å². The fraction of sp³-hybridized carbons (Fsp3) is 0. The number of nitrogens with zero attached hydrogens (tertiary/aromatic N) is 1. The van der Waals surface area contributed by atoms with Crippen molar-refractivity contribution >= 4 is 33.3 Å².